The van der Waals surface area contributed by atoms with E-state index < -0.39 is 6.04 Å². The molecule has 0 aliphatic rings. The van der Waals surface area contributed by atoms with E-state index in [0.717, 1.165) is 27.9 Å². The van der Waals surface area contributed by atoms with Gasteiger partial charge in [-0.15, -0.1) is 0 Å². The van der Waals surface area contributed by atoms with Gasteiger partial charge in [-0.3, -0.25) is 14.6 Å². The molecule has 1 aromatic heterocycles. The van der Waals surface area contributed by atoms with E-state index in [1.54, 1.807) is 24.2 Å². The maximum atomic E-state index is 13.4. The lowest BCUT2D eigenvalue weighted by Crippen LogP contribution is -2.31. The number of rotatable bonds is 9. The zero-order valence-electron chi connectivity index (χ0n) is 21.2. The summed E-state index contributed by atoms with van der Waals surface area (Å²) in [6.07, 6.45) is 2.07. The van der Waals surface area contributed by atoms with Crippen molar-refractivity contribution in [2.45, 2.75) is 40.2 Å². The molecule has 0 bridgehead atoms. The smallest absolute Gasteiger partial charge is 0.253 e. The molecule has 6 nitrogen and oxygen atoms in total. The van der Waals surface area contributed by atoms with Crippen LogP contribution in [0.25, 0.3) is 11.1 Å². The van der Waals surface area contributed by atoms with E-state index in [2.05, 4.69) is 24.1 Å². The molecule has 0 saturated heterocycles. The van der Waals surface area contributed by atoms with Gasteiger partial charge in [0, 0.05) is 43.2 Å². The molecule has 0 aliphatic carbocycles. The van der Waals surface area contributed by atoms with Crippen LogP contribution in [0.3, 0.4) is 0 Å². The van der Waals surface area contributed by atoms with Crippen molar-refractivity contribution in [1.29, 1.82) is 0 Å². The molecule has 6 heteroatoms. The normalized spacial score (nSPS) is 11.9. The van der Waals surface area contributed by atoms with Crippen LogP contribution in [-0.2, 0) is 0 Å². The van der Waals surface area contributed by atoms with Crippen molar-refractivity contribution in [2.75, 3.05) is 20.2 Å². The first-order chi connectivity index (χ1) is 16.7. The van der Waals surface area contributed by atoms with Crippen LogP contribution in [0.2, 0.25) is 0 Å². The second-order valence-corrected chi connectivity index (χ2v) is 9.52. The number of amides is 2. The summed E-state index contributed by atoms with van der Waals surface area (Å²) in [5.41, 5.74) is 5.42. The number of hydrogen-bond donors (Lipinski definition) is 2. The predicted octanol–water partition coefficient (Wildman–Crippen LogP) is 4.95. The Morgan fingerprint density at radius 1 is 0.971 bits per heavy atom. The van der Waals surface area contributed by atoms with Crippen LogP contribution in [0.4, 0.5) is 0 Å². The van der Waals surface area contributed by atoms with Crippen LogP contribution < -0.4 is 5.32 Å². The zero-order chi connectivity index (χ0) is 25.5. The summed E-state index contributed by atoms with van der Waals surface area (Å²) in [5.74, 6) is -0.107. The summed E-state index contributed by atoms with van der Waals surface area (Å²) in [7, 11) is 1.78. The summed E-state index contributed by atoms with van der Waals surface area (Å²) in [6, 6.07) is 16.7. The molecule has 3 rings (SSSR count). The Labute approximate surface area is 208 Å². The molecule has 2 amide bonds. The molecule has 0 aliphatic heterocycles. The van der Waals surface area contributed by atoms with Crippen LogP contribution in [0.1, 0.15) is 63.8 Å². The first-order valence-corrected chi connectivity index (χ1v) is 12.0. The molecular weight excluding hydrogens is 438 g/mol. The molecule has 0 spiro atoms. The van der Waals surface area contributed by atoms with E-state index in [0.29, 0.717) is 30.0 Å². The van der Waals surface area contributed by atoms with E-state index in [-0.39, 0.29) is 18.4 Å². The van der Waals surface area contributed by atoms with Crippen LogP contribution in [0.5, 0.6) is 0 Å². The maximum absolute atomic E-state index is 13.4. The van der Waals surface area contributed by atoms with Crippen LogP contribution in [0, 0.1) is 19.8 Å². The number of aromatic nitrogens is 1. The molecular formula is C29H35N3O3. The third-order valence-corrected chi connectivity index (χ3v) is 5.87. The number of hydrogen-bond acceptors (Lipinski definition) is 4. The first-order valence-electron chi connectivity index (χ1n) is 12.0. The topological polar surface area (TPSA) is 82.5 Å². The SMILES string of the molecule is Cc1ccc(-c2cc(C(=O)NC(CCO)c3ccc(C)nc3)cc(C(=O)N(C)CC(C)C)c2)cc1. The first kappa shape index (κ1) is 26.1. The van der Waals surface area contributed by atoms with Crippen molar-refractivity contribution < 1.29 is 14.7 Å². The standard InChI is InChI=1S/C29H35N3O3/c1-19(2)18-32(5)29(35)26-15-24(22-9-6-20(3)7-10-22)14-25(16-26)28(34)31-27(12-13-33)23-11-8-21(4)30-17-23/h6-11,14-17,19,27,33H,12-13,18H2,1-5H3,(H,31,34). The Kier molecular flexibility index (Phi) is 8.77. The fraction of sp³-hybridized carbons (Fsp3) is 0.345. The molecule has 2 aromatic carbocycles. The minimum atomic E-state index is -0.397. The van der Waals surface area contributed by atoms with Crippen molar-refractivity contribution in [1.82, 2.24) is 15.2 Å². The lowest BCUT2D eigenvalue weighted by atomic mass is 9.97. The van der Waals surface area contributed by atoms with Gasteiger partial charge in [-0.05, 0) is 67.1 Å². The van der Waals surface area contributed by atoms with Gasteiger partial charge in [-0.1, -0.05) is 49.7 Å². The Morgan fingerprint density at radius 2 is 1.66 bits per heavy atom. The average Bonchev–Trinajstić information content (AvgIpc) is 2.83. The van der Waals surface area contributed by atoms with E-state index in [4.69, 9.17) is 0 Å². The summed E-state index contributed by atoms with van der Waals surface area (Å²) >= 11 is 0. The third-order valence-electron chi connectivity index (χ3n) is 5.87. The molecule has 184 valence electrons. The Morgan fingerprint density at radius 3 is 2.26 bits per heavy atom. The van der Waals surface area contributed by atoms with Crippen molar-refractivity contribution in [3.8, 4) is 11.1 Å². The lowest BCUT2D eigenvalue weighted by molar-refractivity contribution is 0.0779. The van der Waals surface area contributed by atoms with E-state index in [1.165, 1.54) is 0 Å². The Balaban J connectivity index is 1.98. The van der Waals surface area contributed by atoms with E-state index in [9.17, 15) is 14.7 Å². The number of nitrogens with one attached hydrogen (secondary N) is 1. The number of carbonyl (C=O) groups is 2. The lowest BCUT2D eigenvalue weighted by Gasteiger charge is -2.21. The number of pyridine rings is 1. The highest BCUT2D eigenvalue weighted by Gasteiger charge is 2.20. The molecule has 3 aromatic rings. The summed E-state index contributed by atoms with van der Waals surface area (Å²) in [5, 5.41) is 12.6. The number of nitrogens with zero attached hydrogens (tertiary/aromatic N) is 2. The largest absolute Gasteiger partial charge is 0.396 e. The number of aryl methyl sites for hydroxylation is 2. The van der Waals surface area contributed by atoms with Crippen molar-refractivity contribution in [2.24, 2.45) is 5.92 Å². The quantitative estimate of drug-likeness (QED) is 0.461. The number of aliphatic hydroxyl groups is 1. The van der Waals surface area contributed by atoms with Crippen molar-refractivity contribution >= 4 is 11.8 Å². The second kappa shape index (κ2) is 11.8. The van der Waals surface area contributed by atoms with E-state index >= 15 is 0 Å². The number of benzene rings is 2. The van der Waals surface area contributed by atoms with E-state index in [1.807, 2.05) is 62.4 Å². The minimum Gasteiger partial charge on any atom is -0.396 e. The van der Waals surface area contributed by atoms with Gasteiger partial charge in [0.25, 0.3) is 11.8 Å². The highest BCUT2D eigenvalue weighted by molar-refractivity contribution is 6.01. The van der Waals surface area contributed by atoms with Gasteiger partial charge in [0.15, 0.2) is 0 Å². The summed E-state index contributed by atoms with van der Waals surface area (Å²) in [6.45, 7) is 8.58. The molecule has 1 heterocycles. The van der Waals surface area contributed by atoms with Gasteiger partial charge in [-0.25, -0.2) is 0 Å². The molecule has 1 unspecified atom stereocenters. The molecule has 0 saturated carbocycles. The summed E-state index contributed by atoms with van der Waals surface area (Å²) in [4.78, 5) is 32.6. The monoisotopic (exact) mass is 473 g/mol. The second-order valence-electron chi connectivity index (χ2n) is 9.52. The van der Waals surface area contributed by atoms with Gasteiger partial charge in [0.1, 0.15) is 0 Å². The molecule has 0 radical (unpaired) electrons. The fourth-order valence-electron chi connectivity index (χ4n) is 4.02. The fourth-order valence-corrected chi connectivity index (χ4v) is 4.02. The van der Waals surface area contributed by atoms with Gasteiger partial charge < -0.3 is 15.3 Å². The van der Waals surface area contributed by atoms with Crippen LogP contribution >= 0.6 is 0 Å². The molecule has 0 fully saturated rings. The van der Waals surface area contributed by atoms with Gasteiger partial charge in [-0.2, -0.15) is 0 Å². The average molecular weight is 474 g/mol. The highest BCUT2D eigenvalue weighted by atomic mass is 16.3. The predicted molar refractivity (Wildman–Crippen MR) is 139 cm³/mol. The third kappa shape index (κ3) is 6.99. The Hall–Kier alpha value is -3.51. The number of aliphatic hydroxyl groups excluding tert-OH is 1. The van der Waals surface area contributed by atoms with Crippen LogP contribution in [-0.4, -0.2) is 47.0 Å². The van der Waals surface area contributed by atoms with Crippen molar-refractivity contribution in [3.05, 3.63) is 88.7 Å². The maximum Gasteiger partial charge on any atom is 0.253 e. The van der Waals surface area contributed by atoms with Crippen LogP contribution in [0.15, 0.2) is 60.8 Å². The van der Waals surface area contributed by atoms with Crippen molar-refractivity contribution in [3.63, 3.8) is 0 Å². The molecule has 1 atom stereocenters. The highest BCUT2D eigenvalue weighted by Crippen LogP contribution is 2.25. The van der Waals surface area contributed by atoms with Gasteiger partial charge in [0.05, 0.1) is 6.04 Å². The Bertz CT molecular complexity index is 1150. The number of carbonyl (C=O) groups excluding carboxylic acids is 2. The zero-order valence-corrected chi connectivity index (χ0v) is 21.2. The summed E-state index contributed by atoms with van der Waals surface area (Å²) < 4.78 is 0. The van der Waals surface area contributed by atoms with Gasteiger partial charge in [0.2, 0.25) is 0 Å². The molecule has 2 N–H and O–H groups in total. The minimum absolute atomic E-state index is 0.0774. The molecule has 35 heavy (non-hydrogen) atoms. The van der Waals surface area contributed by atoms with Gasteiger partial charge >= 0.3 is 0 Å².